The largest absolute Gasteiger partial charge is 0.325 e. The number of nitrogens with one attached hydrogen (secondary N) is 2. The Labute approximate surface area is 152 Å². The molecule has 6 nitrogen and oxygen atoms in total. The van der Waals surface area contributed by atoms with Crippen LogP contribution >= 0.6 is 0 Å². The SMILES string of the molecule is CC(=O)c1cccc(S(=O)(=O)Nc2ccc3c(c2)C(C(C)C)C(=O)N3)c1. The molecular formula is C19H20N2O4S. The van der Waals surface area contributed by atoms with Gasteiger partial charge in [0.25, 0.3) is 10.0 Å². The van der Waals surface area contributed by atoms with Gasteiger partial charge in [-0.1, -0.05) is 26.0 Å². The van der Waals surface area contributed by atoms with Crippen molar-refractivity contribution in [2.24, 2.45) is 5.92 Å². The summed E-state index contributed by atoms with van der Waals surface area (Å²) in [7, 11) is -3.85. The van der Waals surface area contributed by atoms with Crippen LogP contribution in [-0.4, -0.2) is 20.1 Å². The van der Waals surface area contributed by atoms with E-state index in [0.717, 1.165) is 5.56 Å². The van der Waals surface area contributed by atoms with Gasteiger partial charge < -0.3 is 5.32 Å². The van der Waals surface area contributed by atoms with Gasteiger partial charge in [-0.15, -0.1) is 0 Å². The molecule has 1 heterocycles. The van der Waals surface area contributed by atoms with Crippen molar-refractivity contribution in [3.8, 4) is 0 Å². The minimum atomic E-state index is -3.85. The third-order valence-corrected chi connectivity index (χ3v) is 5.78. The highest BCUT2D eigenvalue weighted by Crippen LogP contribution is 2.39. The third-order valence-electron chi connectivity index (χ3n) is 4.40. The fourth-order valence-corrected chi connectivity index (χ4v) is 4.20. The van der Waals surface area contributed by atoms with E-state index >= 15 is 0 Å². The van der Waals surface area contributed by atoms with E-state index in [1.165, 1.54) is 25.1 Å². The molecule has 0 saturated carbocycles. The van der Waals surface area contributed by atoms with Crippen LogP contribution in [0, 0.1) is 5.92 Å². The number of hydrogen-bond acceptors (Lipinski definition) is 4. The minimum Gasteiger partial charge on any atom is -0.325 e. The number of Topliss-reactive ketones (excluding diaryl/α,β-unsaturated/α-hetero) is 1. The maximum Gasteiger partial charge on any atom is 0.261 e. The van der Waals surface area contributed by atoms with Crippen LogP contribution in [0.15, 0.2) is 47.4 Å². The van der Waals surface area contributed by atoms with E-state index in [-0.39, 0.29) is 28.4 Å². The maximum atomic E-state index is 12.7. The lowest BCUT2D eigenvalue weighted by molar-refractivity contribution is -0.117. The van der Waals surface area contributed by atoms with Gasteiger partial charge in [0.2, 0.25) is 5.91 Å². The summed E-state index contributed by atoms with van der Waals surface area (Å²) in [5.74, 6) is -0.501. The molecule has 0 radical (unpaired) electrons. The monoisotopic (exact) mass is 372 g/mol. The van der Waals surface area contributed by atoms with E-state index in [0.29, 0.717) is 16.9 Å². The predicted octanol–water partition coefficient (Wildman–Crippen LogP) is 3.38. The Balaban J connectivity index is 1.93. The van der Waals surface area contributed by atoms with E-state index in [9.17, 15) is 18.0 Å². The highest BCUT2D eigenvalue weighted by Gasteiger charge is 2.33. The first-order valence-corrected chi connectivity index (χ1v) is 9.76. The van der Waals surface area contributed by atoms with Crippen LogP contribution in [0.3, 0.4) is 0 Å². The summed E-state index contributed by atoms with van der Waals surface area (Å²) in [6.45, 7) is 5.28. The molecule has 1 atom stereocenters. The minimum absolute atomic E-state index is 0.0142. The summed E-state index contributed by atoms with van der Waals surface area (Å²) in [6.07, 6.45) is 0. The lowest BCUT2D eigenvalue weighted by atomic mass is 9.89. The number of carbonyl (C=O) groups is 2. The van der Waals surface area contributed by atoms with Gasteiger partial charge in [0.15, 0.2) is 5.78 Å². The molecule has 0 aliphatic carbocycles. The van der Waals surface area contributed by atoms with E-state index in [1.807, 2.05) is 13.8 Å². The van der Waals surface area contributed by atoms with Crippen LogP contribution in [0.4, 0.5) is 11.4 Å². The summed E-state index contributed by atoms with van der Waals surface area (Å²) in [4.78, 5) is 23.6. The average molecular weight is 372 g/mol. The van der Waals surface area contributed by atoms with E-state index in [1.54, 1.807) is 24.3 Å². The zero-order valence-electron chi connectivity index (χ0n) is 14.7. The molecule has 2 N–H and O–H groups in total. The first-order valence-electron chi connectivity index (χ1n) is 8.27. The molecule has 3 rings (SSSR count). The van der Waals surface area contributed by atoms with E-state index < -0.39 is 10.0 Å². The van der Waals surface area contributed by atoms with Crippen molar-refractivity contribution in [2.75, 3.05) is 10.0 Å². The van der Waals surface area contributed by atoms with Gasteiger partial charge in [0, 0.05) is 16.9 Å². The smallest absolute Gasteiger partial charge is 0.261 e. The predicted molar refractivity (Wildman–Crippen MR) is 99.9 cm³/mol. The van der Waals surface area contributed by atoms with Crippen molar-refractivity contribution in [1.82, 2.24) is 0 Å². The fourth-order valence-electron chi connectivity index (χ4n) is 3.11. The zero-order chi connectivity index (χ0) is 19.1. The Bertz CT molecular complexity index is 996. The van der Waals surface area contributed by atoms with Crippen molar-refractivity contribution in [3.05, 3.63) is 53.6 Å². The molecule has 0 saturated heterocycles. The van der Waals surface area contributed by atoms with Crippen molar-refractivity contribution >= 4 is 33.1 Å². The van der Waals surface area contributed by atoms with Gasteiger partial charge >= 0.3 is 0 Å². The zero-order valence-corrected chi connectivity index (χ0v) is 15.6. The number of anilines is 2. The normalized spacial score (nSPS) is 16.3. The van der Waals surface area contributed by atoms with Crippen molar-refractivity contribution in [1.29, 1.82) is 0 Å². The van der Waals surface area contributed by atoms with Gasteiger partial charge in [-0.2, -0.15) is 0 Å². The second-order valence-electron chi connectivity index (χ2n) is 6.70. The van der Waals surface area contributed by atoms with Gasteiger partial charge in [-0.3, -0.25) is 14.3 Å². The summed E-state index contributed by atoms with van der Waals surface area (Å²) in [6, 6.07) is 10.9. The van der Waals surface area contributed by atoms with Gasteiger partial charge in [-0.25, -0.2) is 8.42 Å². The Morgan fingerprint density at radius 3 is 2.54 bits per heavy atom. The van der Waals surface area contributed by atoms with Gasteiger partial charge in [-0.05, 0) is 48.7 Å². The average Bonchev–Trinajstić information content (AvgIpc) is 2.89. The molecule has 7 heteroatoms. The maximum absolute atomic E-state index is 12.7. The van der Waals surface area contributed by atoms with E-state index in [4.69, 9.17) is 0 Å². The molecule has 1 aliphatic heterocycles. The van der Waals surface area contributed by atoms with Crippen molar-refractivity contribution in [2.45, 2.75) is 31.6 Å². The molecule has 1 aliphatic rings. The lowest BCUT2D eigenvalue weighted by Gasteiger charge is -2.14. The first kappa shape index (κ1) is 18.1. The number of ketones is 1. The molecule has 0 bridgehead atoms. The number of amides is 1. The number of hydrogen-bond donors (Lipinski definition) is 2. The summed E-state index contributed by atoms with van der Waals surface area (Å²) < 4.78 is 27.8. The topological polar surface area (TPSA) is 92.3 Å². The third kappa shape index (κ3) is 3.35. The van der Waals surface area contributed by atoms with Crippen molar-refractivity contribution < 1.29 is 18.0 Å². The number of benzene rings is 2. The number of sulfonamides is 1. The fraction of sp³-hybridized carbons (Fsp3) is 0.263. The molecule has 1 unspecified atom stereocenters. The molecule has 0 aromatic heterocycles. The Hall–Kier alpha value is -2.67. The van der Waals surface area contributed by atoms with Crippen LogP contribution in [0.2, 0.25) is 0 Å². The molecule has 0 fully saturated rings. The number of fused-ring (bicyclic) bond motifs is 1. The second-order valence-corrected chi connectivity index (χ2v) is 8.38. The number of carbonyl (C=O) groups excluding carboxylic acids is 2. The molecule has 26 heavy (non-hydrogen) atoms. The second kappa shape index (κ2) is 6.57. The van der Waals surface area contributed by atoms with Crippen LogP contribution in [0.5, 0.6) is 0 Å². The van der Waals surface area contributed by atoms with Crippen molar-refractivity contribution in [3.63, 3.8) is 0 Å². The van der Waals surface area contributed by atoms with Crippen LogP contribution < -0.4 is 10.0 Å². The van der Waals surface area contributed by atoms with Crippen LogP contribution in [0.25, 0.3) is 0 Å². The molecule has 2 aromatic rings. The lowest BCUT2D eigenvalue weighted by Crippen LogP contribution is -2.17. The number of rotatable bonds is 5. The van der Waals surface area contributed by atoms with Crippen LogP contribution in [-0.2, 0) is 14.8 Å². The molecule has 1 amide bonds. The summed E-state index contributed by atoms with van der Waals surface area (Å²) in [5.41, 5.74) is 2.19. The highest BCUT2D eigenvalue weighted by atomic mass is 32.2. The first-order chi connectivity index (χ1) is 12.2. The van der Waals surface area contributed by atoms with Gasteiger partial charge in [0.05, 0.1) is 10.8 Å². The quantitative estimate of drug-likeness (QED) is 0.787. The summed E-state index contributed by atoms with van der Waals surface area (Å²) in [5, 5.41) is 2.82. The highest BCUT2D eigenvalue weighted by molar-refractivity contribution is 7.92. The summed E-state index contributed by atoms with van der Waals surface area (Å²) >= 11 is 0. The molecule has 136 valence electrons. The Kier molecular flexibility index (Phi) is 4.58. The molecule has 2 aromatic carbocycles. The molecule has 0 spiro atoms. The Morgan fingerprint density at radius 1 is 1.15 bits per heavy atom. The van der Waals surface area contributed by atoms with Crippen LogP contribution in [0.1, 0.15) is 42.6 Å². The standard InChI is InChI=1S/C19H20N2O4S/c1-11(2)18-16-10-14(7-8-17(16)20-19(18)23)21-26(24,25)15-6-4-5-13(9-15)12(3)22/h4-11,18,21H,1-3H3,(H,20,23). The molecular weight excluding hydrogens is 352 g/mol. The van der Waals surface area contributed by atoms with E-state index in [2.05, 4.69) is 10.0 Å². The van der Waals surface area contributed by atoms with Gasteiger partial charge in [0.1, 0.15) is 0 Å². The Morgan fingerprint density at radius 2 is 1.88 bits per heavy atom.